The van der Waals surface area contributed by atoms with Crippen molar-refractivity contribution >= 4 is 93.9 Å². The molecular formula is C58H42BBrO6. The lowest BCUT2D eigenvalue weighted by Gasteiger charge is -2.13. The predicted octanol–water partition coefficient (Wildman–Crippen LogP) is 14.6. The van der Waals surface area contributed by atoms with Crippen molar-refractivity contribution in [3.63, 3.8) is 0 Å². The van der Waals surface area contributed by atoms with Crippen LogP contribution in [-0.2, 0) is 0 Å². The van der Waals surface area contributed by atoms with Gasteiger partial charge in [-0.1, -0.05) is 155 Å². The highest BCUT2D eigenvalue weighted by atomic mass is 79.9. The molecule has 0 spiro atoms. The van der Waals surface area contributed by atoms with Gasteiger partial charge in [-0.05, 0) is 116 Å². The van der Waals surface area contributed by atoms with Crippen molar-refractivity contribution in [3.05, 3.63) is 211 Å². The van der Waals surface area contributed by atoms with Gasteiger partial charge in [0.05, 0.1) is 14.2 Å². The molecule has 0 aliphatic heterocycles. The Morgan fingerprint density at radius 3 is 1.36 bits per heavy atom. The van der Waals surface area contributed by atoms with E-state index in [4.69, 9.17) is 18.3 Å². The second-order valence-corrected chi connectivity index (χ2v) is 16.8. The van der Waals surface area contributed by atoms with Crippen molar-refractivity contribution in [1.29, 1.82) is 0 Å². The molecule has 0 radical (unpaired) electrons. The molecule has 0 saturated heterocycles. The molecule has 12 aromatic rings. The Balaban J connectivity index is 0.000000126. The Kier molecular flexibility index (Phi) is 11.8. The van der Waals surface area contributed by atoms with Gasteiger partial charge in [0.2, 0.25) is 0 Å². The van der Waals surface area contributed by atoms with Crippen LogP contribution in [0.5, 0.6) is 11.5 Å². The average molecular weight is 926 g/mol. The lowest BCUT2D eigenvalue weighted by molar-refractivity contribution is 0.420. The first-order chi connectivity index (χ1) is 32.4. The molecule has 0 aliphatic rings. The molecule has 12 rings (SSSR count). The van der Waals surface area contributed by atoms with Crippen LogP contribution in [0.1, 0.15) is 0 Å². The quantitative estimate of drug-likeness (QED) is 0.162. The van der Waals surface area contributed by atoms with Gasteiger partial charge >= 0.3 is 7.12 Å². The van der Waals surface area contributed by atoms with E-state index in [1.165, 1.54) is 27.5 Å². The van der Waals surface area contributed by atoms with Crippen molar-refractivity contribution < 1.29 is 28.4 Å². The summed E-state index contributed by atoms with van der Waals surface area (Å²) in [6, 6.07) is 69.2. The third kappa shape index (κ3) is 8.30. The average Bonchev–Trinajstić information content (AvgIpc) is 3.93. The molecule has 0 fully saturated rings. The van der Waals surface area contributed by atoms with Gasteiger partial charge in [-0.25, -0.2) is 0 Å². The van der Waals surface area contributed by atoms with Crippen LogP contribution in [0.4, 0.5) is 0 Å². The number of benzene rings is 10. The molecule has 66 heavy (non-hydrogen) atoms. The number of fused-ring (bicyclic) bond motifs is 8. The number of furan rings is 2. The minimum absolute atomic E-state index is 0.481. The standard InChI is InChI=1S/C29H20O2.C17H15BO3.C12H7BrO/c1-30-29-18-21(16-19-8-2-3-11-24(19)29)23-10-5-4-9-22(23)20-14-15-28-26(17-20)25-12-6-7-13-27(25)31-28;1-21-17-11-13(10-12-6-2-3-8-15(12)17)14-7-4-5-9-16(14)18(19)20;13-8-5-6-12-10(7-8)9-3-1-2-4-11(9)14-12/h2-18H,1H3;2-11,19-20H,1H3;1-7H. The maximum absolute atomic E-state index is 9.53. The molecule has 8 heteroatoms. The predicted molar refractivity (Wildman–Crippen MR) is 276 cm³/mol. The first kappa shape index (κ1) is 42.3. The smallest absolute Gasteiger partial charge is 0.489 e. The number of halogens is 1. The molecule has 0 saturated carbocycles. The number of rotatable bonds is 6. The number of para-hydroxylation sites is 2. The van der Waals surface area contributed by atoms with Gasteiger partial charge < -0.3 is 28.4 Å². The van der Waals surface area contributed by atoms with Gasteiger partial charge in [0, 0.05) is 36.8 Å². The van der Waals surface area contributed by atoms with Gasteiger partial charge in [-0.2, -0.15) is 0 Å². The van der Waals surface area contributed by atoms with Crippen LogP contribution in [0.15, 0.2) is 220 Å². The molecular weight excluding hydrogens is 883 g/mol. The SMILES string of the molecule is Brc1ccc2oc3ccccc3c2c1.COc1cc(-c2ccccc2-c2ccc3oc4ccccc4c3c2)cc2ccccc12.COc1cc(-c2ccccc2B(O)O)cc2ccccc12. The molecule has 2 N–H and O–H groups in total. The second-order valence-electron chi connectivity index (χ2n) is 15.9. The van der Waals surface area contributed by atoms with E-state index in [-0.39, 0.29) is 0 Å². The Bertz CT molecular complexity index is 3700. The Morgan fingerprint density at radius 1 is 0.379 bits per heavy atom. The van der Waals surface area contributed by atoms with Gasteiger partial charge in [0.25, 0.3) is 0 Å². The highest BCUT2D eigenvalue weighted by molar-refractivity contribution is 9.10. The van der Waals surface area contributed by atoms with Crippen LogP contribution in [0, 0.1) is 0 Å². The third-order valence-corrected chi connectivity index (χ3v) is 12.4. The first-order valence-electron chi connectivity index (χ1n) is 21.5. The normalized spacial score (nSPS) is 11.1. The first-order valence-corrected chi connectivity index (χ1v) is 22.3. The summed E-state index contributed by atoms with van der Waals surface area (Å²) in [5.41, 5.74) is 10.6. The summed E-state index contributed by atoms with van der Waals surface area (Å²) in [5.74, 6) is 1.66. The molecule has 6 nitrogen and oxygen atoms in total. The monoisotopic (exact) mass is 924 g/mol. The third-order valence-electron chi connectivity index (χ3n) is 11.9. The van der Waals surface area contributed by atoms with Crippen LogP contribution in [0.25, 0.3) is 98.8 Å². The Hall–Kier alpha value is -7.62. The van der Waals surface area contributed by atoms with Crippen molar-refractivity contribution in [2.75, 3.05) is 14.2 Å². The van der Waals surface area contributed by atoms with Crippen LogP contribution >= 0.6 is 15.9 Å². The number of hydrogen-bond donors (Lipinski definition) is 2. The summed E-state index contributed by atoms with van der Waals surface area (Å²) in [4.78, 5) is 0. The minimum Gasteiger partial charge on any atom is -0.496 e. The van der Waals surface area contributed by atoms with E-state index in [2.05, 4.69) is 113 Å². The maximum Gasteiger partial charge on any atom is 0.489 e. The van der Waals surface area contributed by atoms with Crippen molar-refractivity contribution in [1.82, 2.24) is 0 Å². The fourth-order valence-corrected chi connectivity index (χ4v) is 9.12. The van der Waals surface area contributed by atoms with Crippen LogP contribution in [0.3, 0.4) is 0 Å². The summed E-state index contributed by atoms with van der Waals surface area (Å²) in [5, 5.41) is 28.0. The molecule has 0 aliphatic carbocycles. The Morgan fingerprint density at radius 2 is 0.803 bits per heavy atom. The molecule has 320 valence electrons. The molecule has 0 unspecified atom stereocenters. The summed E-state index contributed by atoms with van der Waals surface area (Å²) in [6.07, 6.45) is 0. The van der Waals surface area contributed by atoms with E-state index in [1.54, 1.807) is 26.4 Å². The lowest BCUT2D eigenvalue weighted by Crippen LogP contribution is -2.31. The van der Waals surface area contributed by atoms with Crippen molar-refractivity contribution in [2.24, 2.45) is 0 Å². The second kappa shape index (κ2) is 18.5. The fourth-order valence-electron chi connectivity index (χ4n) is 8.76. The summed E-state index contributed by atoms with van der Waals surface area (Å²) in [6.45, 7) is 0. The highest BCUT2D eigenvalue weighted by Crippen LogP contribution is 2.40. The van der Waals surface area contributed by atoms with Crippen LogP contribution in [-0.4, -0.2) is 31.4 Å². The number of hydrogen-bond acceptors (Lipinski definition) is 6. The molecule has 0 atom stereocenters. The summed E-state index contributed by atoms with van der Waals surface area (Å²) < 4.78 is 24.0. The van der Waals surface area contributed by atoms with Gasteiger partial charge in [-0.3, -0.25) is 0 Å². The van der Waals surface area contributed by atoms with E-state index in [9.17, 15) is 10.0 Å². The summed E-state index contributed by atoms with van der Waals surface area (Å²) in [7, 11) is 1.87. The minimum atomic E-state index is -1.50. The fraction of sp³-hybridized carbons (Fsp3) is 0.0345. The van der Waals surface area contributed by atoms with E-state index in [0.717, 1.165) is 87.3 Å². The van der Waals surface area contributed by atoms with Crippen molar-refractivity contribution in [3.8, 4) is 44.9 Å². The van der Waals surface area contributed by atoms with Gasteiger partial charge in [-0.15, -0.1) is 0 Å². The molecule has 2 heterocycles. The lowest BCUT2D eigenvalue weighted by atomic mass is 9.75. The highest BCUT2D eigenvalue weighted by Gasteiger charge is 2.18. The van der Waals surface area contributed by atoms with Gasteiger partial charge in [0.1, 0.15) is 33.8 Å². The van der Waals surface area contributed by atoms with Crippen LogP contribution < -0.4 is 14.9 Å². The number of ether oxygens (including phenoxy) is 2. The van der Waals surface area contributed by atoms with E-state index >= 15 is 0 Å². The maximum atomic E-state index is 9.53. The topological polar surface area (TPSA) is 85.2 Å². The van der Waals surface area contributed by atoms with Gasteiger partial charge in [0.15, 0.2) is 0 Å². The van der Waals surface area contributed by atoms with E-state index < -0.39 is 7.12 Å². The number of methoxy groups -OCH3 is 2. The molecule has 0 amide bonds. The molecule has 10 aromatic carbocycles. The Labute approximate surface area is 390 Å². The van der Waals surface area contributed by atoms with E-state index in [1.807, 2.05) is 97.1 Å². The molecule has 0 bridgehead atoms. The van der Waals surface area contributed by atoms with E-state index in [0.29, 0.717) is 5.46 Å². The molecule has 2 aromatic heterocycles. The zero-order valence-electron chi connectivity index (χ0n) is 36.1. The van der Waals surface area contributed by atoms with Crippen molar-refractivity contribution in [2.45, 2.75) is 0 Å². The van der Waals surface area contributed by atoms with Crippen LogP contribution in [0.2, 0.25) is 0 Å². The zero-order chi connectivity index (χ0) is 45.1. The summed E-state index contributed by atoms with van der Waals surface area (Å²) >= 11 is 3.46. The largest absolute Gasteiger partial charge is 0.496 e. The zero-order valence-corrected chi connectivity index (χ0v) is 37.7.